The molecule has 0 aliphatic carbocycles. The molecule has 0 saturated heterocycles. The zero-order valence-electron chi connectivity index (χ0n) is 19.7. The van der Waals surface area contributed by atoms with E-state index in [1.54, 1.807) is 32.0 Å². The van der Waals surface area contributed by atoms with Crippen LogP contribution in [0.25, 0.3) is 0 Å². The Bertz CT molecular complexity index is 1470. The highest BCUT2D eigenvalue weighted by molar-refractivity contribution is 7.92. The van der Waals surface area contributed by atoms with Crippen LogP contribution in [0.3, 0.4) is 0 Å². The molecule has 0 aliphatic heterocycles. The van der Waals surface area contributed by atoms with Crippen LogP contribution in [0, 0.1) is 20.8 Å². The first kappa shape index (κ1) is 26.5. The van der Waals surface area contributed by atoms with Gasteiger partial charge in [0.25, 0.3) is 10.0 Å². The van der Waals surface area contributed by atoms with E-state index >= 15 is 0 Å². The number of anilines is 3. The molecule has 0 spiro atoms. The van der Waals surface area contributed by atoms with Crippen molar-refractivity contribution in [1.29, 1.82) is 0 Å². The van der Waals surface area contributed by atoms with Gasteiger partial charge in [0, 0.05) is 10.7 Å². The Kier molecular flexibility index (Phi) is 7.78. The third-order valence-electron chi connectivity index (χ3n) is 5.20. The lowest BCUT2D eigenvalue weighted by Crippen LogP contribution is -2.37. The maximum Gasteiger partial charge on any atom is 0.261 e. The summed E-state index contributed by atoms with van der Waals surface area (Å²) in [5.41, 5.74) is 3.45. The van der Waals surface area contributed by atoms with Crippen molar-refractivity contribution in [2.75, 3.05) is 27.1 Å². The highest BCUT2D eigenvalue weighted by Gasteiger charge is 2.23. The average Bonchev–Trinajstić information content (AvgIpc) is 2.74. The van der Waals surface area contributed by atoms with Crippen molar-refractivity contribution in [3.63, 3.8) is 0 Å². The van der Waals surface area contributed by atoms with Crippen LogP contribution in [0.15, 0.2) is 65.6 Å². The second-order valence-electron chi connectivity index (χ2n) is 8.20. The van der Waals surface area contributed by atoms with Crippen molar-refractivity contribution in [3.05, 3.63) is 82.4 Å². The minimum Gasteiger partial charge on any atom is -0.325 e. The van der Waals surface area contributed by atoms with Crippen LogP contribution in [0.1, 0.15) is 16.7 Å². The van der Waals surface area contributed by atoms with Gasteiger partial charge in [-0.3, -0.25) is 13.8 Å². The van der Waals surface area contributed by atoms with Gasteiger partial charge >= 0.3 is 0 Å². The summed E-state index contributed by atoms with van der Waals surface area (Å²) in [6, 6.07) is 15.8. The van der Waals surface area contributed by atoms with Crippen LogP contribution in [0.2, 0.25) is 5.02 Å². The molecular weight excluding hydrogens is 510 g/mol. The number of carbonyl (C=O) groups excluding carboxylic acids is 1. The minimum atomic E-state index is -3.84. The molecule has 2 N–H and O–H groups in total. The van der Waals surface area contributed by atoms with Crippen molar-refractivity contribution >= 4 is 54.6 Å². The lowest BCUT2D eigenvalue weighted by atomic mass is 10.1. The Morgan fingerprint density at radius 2 is 1.54 bits per heavy atom. The van der Waals surface area contributed by atoms with Gasteiger partial charge in [-0.1, -0.05) is 23.7 Å². The van der Waals surface area contributed by atoms with Gasteiger partial charge in [0.05, 0.1) is 22.5 Å². The molecule has 8 nitrogen and oxygen atoms in total. The third kappa shape index (κ3) is 6.74. The summed E-state index contributed by atoms with van der Waals surface area (Å²) >= 11 is 5.96. The van der Waals surface area contributed by atoms with Gasteiger partial charge in [0.15, 0.2) is 0 Å². The molecule has 0 fully saturated rings. The zero-order valence-corrected chi connectivity index (χ0v) is 22.1. The zero-order chi connectivity index (χ0) is 26.0. The van der Waals surface area contributed by atoms with Gasteiger partial charge in [-0.2, -0.15) is 0 Å². The molecule has 1 amide bonds. The number of carbonyl (C=O) groups is 1. The summed E-state index contributed by atoms with van der Waals surface area (Å²) in [4.78, 5) is 12.7. The van der Waals surface area contributed by atoms with Crippen LogP contribution in [0.4, 0.5) is 17.1 Å². The Hall–Kier alpha value is -3.08. The normalized spacial score (nSPS) is 11.7. The van der Waals surface area contributed by atoms with Crippen LogP contribution in [0.5, 0.6) is 0 Å². The number of hydrogen-bond acceptors (Lipinski definition) is 5. The smallest absolute Gasteiger partial charge is 0.261 e. The largest absolute Gasteiger partial charge is 0.325 e. The first-order valence-corrected chi connectivity index (χ1v) is 14.2. The molecular formula is C24H26ClN3O5S2. The van der Waals surface area contributed by atoms with Crippen molar-refractivity contribution in [1.82, 2.24) is 0 Å². The molecule has 3 rings (SSSR count). The number of halogens is 1. The van der Waals surface area contributed by atoms with E-state index in [0.717, 1.165) is 21.7 Å². The number of hydrogen-bond donors (Lipinski definition) is 2. The molecule has 11 heteroatoms. The van der Waals surface area contributed by atoms with Crippen LogP contribution in [-0.4, -0.2) is 35.5 Å². The summed E-state index contributed by atoms with van der Waals surface area (Å²) in [7, 11) is -7.60. The number of rotatable bonds is 8. The van der Waals surface area contributed by atoms with Crippen molar-refractivity contribution < 1.29 is 21.6 Å². The van der Waals surface area contributed by atoms with Gasteiger partial charge < -0.3 is 5.32 Å². The predicted molar refractivity (Wildman–Crippen MR) is 140 cm³/mol. The summed E-state index contributed by atoms with van der Waals surface area (Å²) < 4.78 is 53.8. The fraction of sp³-hybridized carbons (Fsp3) is 0.208. The van der Waals surface area contributed by atoms with E-state index in [0.29, 0.717) is 27.6 Å². The number of sulfonamides is 2. The summed E-state index contributed by atoms with van der Waals surface area (Å²) in [5, 5.41) is 3.05. The molecule has 3 aromatic carbocycles. The second kappa shape index (κ2) is 10.3. The molecule has 0 unspecified atom stereocenters. The first-order valence-electron chi connectivity index (χ1n) is 10.5. The van der Waals surface area contributed by atoms with Crippen molar-refractivity contribution in [2.24, 2.45) is 0 Å². The van der Waals surface area contributed by atoms with Gasteiger partial charge in [-0.15, -0.1) is 0 Å². The Morgan fingerprint density at radius 1 is 0.886 bits per heavy atom. The fourth-order valence-electron chi connectivity index (χ4n) is 3.38. The fourth-order valence-corrected chi connectivity index (χ4v) is 5.64. The summed E-state index contributed by atoms with van der Waals surface area (Å²) in [6.07, 6.45) is 1.01. The number of nitrogens with one attached hydrogen (secondary N) is 2. The van der Waals surface area contributed by atoms with Crippen LogP contribution in [-0.2, 0) is 24.8 Å². The second-order valence-corrected chi connectivity index (χ2v) is 12.2. The lowest BCUT2D eigenvalue weighted by molar-refractivity contribution is -0.114. The number of aryl methyl sites for hydroxylation is 3. The molecule has 0 radical (unpaired) electrons. The maximum absolute atomic E-state index is 12.8. The molecule has 0 aromatic heterocycles. The van der Waals surface area contributed by atoms with E-state index in [4.69, 9.17) is 11.6 Å². The Balaban J connectivity index is 1.75. The number of amides is 1. The molecule has 35 heavy (non-hydrogen) atoms. The van der Waals surface area contributed by atoms with E-state index in [-0.39, 0.29) is 4.90 Å². The molecule has 0 aliphatic rings. The molecule has 186 valence electrons. The van der Waals surface area contributed by atoms with E-state index in [2.05, 4.69) is 10.0 Å². The maximum atomic E-state index is 12.8. The van der Waals surface area contributed by atoms with Crippen molar-refractivity contribution in [3.8, 4) is 0 Å². The van der Waals surface area contributed by atoms with Crippen molar-refractivity contribution in [2.45, 2.75) is 25.7 Å². The first-order chi connectivity index (χ1) is 16.3. The monoisotopic (exact) mass is 535 g/mol. The van der Waals surface area contributed by atoms with Gasteiger partial charge in [0.1, 0.15) is 6.54 Å². The van der Waals surface area contributed by atoms with Gasteiger partial charge in [-0.05, 0) is 86.0 Å². The highest BCUT2D eigenvalue weighted by Crippen LogP contribution is 2.26. The SMILES string of the molecule is Cc1ccc(C)c(NS(=O)(=O)c2ccc(NC(=O)CN(c3ccc(Cl)cc3C)S(C)(=O)=O)cc2)c1. The average molecular weight is 536 g/mol. The van der Waals surface area contributed by atoms with E-state index < -0.39 is 32.5 Å². The van der Waals surface area contributed by atoms with Crippen LogP contribution < -0.4 is 14.3 Å². The summed E-state index contributed by atoms with van der Waals surface area (Å²) in [5.74, 6) is -0.589. The molecule has 3 aromatic rings. The lowest BCUT2D eigenvalue weighted by Gasteiger charge is -2.23. The topological polar surface area (TPSA) is 113 Å². The standard InChI is InChI=1S/C24H26ClN3O5S2/c1-16-5-6-17(2)22(13-16)27-35(32,33)21-10-8-20(9-11-21)26-24(29)15-28(34(4,30)31)23-12-7-19(25)14-18(23)3/h5-14,27H,15H2,1-4H3,(H,26,29). The Morgan fingerprint density at radius 3 is 2.14 bits per heavy atom. The predicted octanol–water partition coefficient (Wildman–Crippen LogP) is 4.47. The van der Waals surface area contributed by atoms with E-state index in [1.807, 2.05) is 19.1 Å². The Labute approximate surface area is 211 Å². The number of nitrogens with zero attached hydrogens (tertiary/aromatic N) is 1. The quantitative estimate of drug-likeness (QED) is 0.442. The molecule has 0 bridgehead atoms. The number of benzene rings is 3. The van der Waals surface area contributed by atoms with Gasteiger partial charge in [0.2, 0.25) is 15.9 Å². The summed E-state index contributed by atoms with van der Waals surface area (Å²) in [6.45, 7) is 4.91. The van der Waals surface area contributed by atoms with Crippen LogP contribution >= 0.6 is 11.6 Å². The minimum absolute atomic E-state index is 0.0194. The molecule has 0 saturated carbocycles. The molecule has 0 heterocycles. The van der Waals surface area contributed by atoms with Gasteiger partial charge in [-0.25, -0.2) is 16.8 Å². The van der Waals surface area contributed by atoms with E-state index in [9.17, 15) is 21.6 Å². The third-order valence-corrected chi connectivity index (χ3v) is 7.94. The highest BCUT2D eigenvalue weighted by atomic mass is 35.5. The molecule has 0 atom stereocenters. The van der Waals surface area contributed by atoms with E-state index in [1.165, 1.54) is 30.3 Å².